The number of rotatable bonds is 5. The SMILES string of the molecule is CC1CN(C(=O)Cn2ccc3cccnc32)CCN1c1ccccc1-c1cnc(N2CCOCC2)nc1. The van der Waals surface area contributed by atoms with E-state index in [4.69, 9.17) is 4.74 Å². The van der Waals surface area contributed by atoms with Crippen LogP contribution in [0.3, 0.4) is 0 Å². The van der Waals surface area contributed by atoms with Gasteiger partial charge in [0.15, 0.2) is 0 Å². The predicted molar refractivity (Wildman–Crippen MR) is 144 cm³/mol. The smallest absolute Gasteiger partial charge is 0.242 e. The number of ether oxygens (including phenoxy) is 1. The van der Waals surface area contributed by atoms with Crippen molar-refractivity contribution in [3.8, 4) is 11.1 Å². The van der Waals surface area contributed by atoms with E-state index in [1.165, 1.54) is 0 Å². The van der Waals surface area contributed by atoms with Gasteiger partial charge >= 0.3 is 0 Å². The lowest BCUT2D eigenvalue weighted by molar-refractivity contribution is -0.132. The molecule has 0 N–H and O–H groups in total. The topological polar surface area (TPSA) is 79.6 Å². The highest BCUT2D eigenvalue weighted by molar-refractivity contribution is 5.82. The van der Waals surface area contributed by atoms with Gasteiger partial charge in [0, 0.05) is 85.8 Å². The zero-order valence-electron chi connectivity index (χ0n) is 21.0. The molecule has 6 rings (SSSR count). The molecule has 1 unspecified atom stereocenters. The second-order valence-electron chi connectivity index (χ2n) is 9.63. The lowest BCUT2D eigenvalue weighted by Crippen LogP contribution is -2.54. The van der Waals surface area contributed by atoms with Crippen LogP contribution < -0.4 is 9.80 Å². The highest BCUT2D eigenvalue weighted by Crippen LogP contribution is 2.33. The van der Waals surface area contributed by atoms with Crippen molar-refractivity contribution in [3.63, 3.8) is 0 Å². The molecule has 9 heteroatoms. The van der Waals surface area contributed by atoms with Crippen molar-refractivity contribution in [2.24, 2.45) is 0 Å². The Bertz CT molecular complexity index is 1380. The van der Waals surface area contributed by atoms with Crippen LogP contribution in [-0.2, 0) is 16.1 Å². The summed E-state index contributed by atoms with van der Waals surface area (Å²) >= 11 is 0. The quantitative estimate of drug-likeness (QED) is 0.419. The second kappa shape index (κ2) is 10.2. The van der Waals surface area contributed by atoms with E-state index in [9.17, 15) is 4.79 Å². The molecule has 4 aromatic rings. The fraction of sp³-hybridized carbons (Fsp3) is 0.357. The molecule has 9 nitrogen and oxygen atoms in total. The molecule has 190 valence electrons. The predicted octanol–water partition coefficient (Wildman–Crippen LogP) is 3.07. The number of morpholine rings is 1. The zero-order chi connectivity index (χ0) is 25.2. The molecular weight excluding hydrogens is 466 g/mol. The molecule has 0 radical (unpaired) electrons. The van der Waals surface area contributed by atoms with E-state index in [-0.39, 0.29) is 11.9 Å². The Morgan fingerprint density at radius 2 is 1.78 bits per heavy atom. The first kappa shape index (κ1) is 23.4. The Balaban J connectivity index is 1.16. The Kier molecular flexibility index (Phi) is 6.44. The Morgan fingerprint density at radius 3 is 2.59 bits per heavy atom. The van der Waals surface area contributed by atoms with Gasteiger partial charge < -0.3 is 24.0 Å². The molecule has 1 aromatic carbocycles. The number of hydrogen-bond acceptors (Lipinski definition) is 7. The van der Waals surface area contributed by atoms with E-state index in [0.29, 0.717) is 32.8 Å². The lowest BCUT2D eigenvalue weighted by Gasteiger charge is -2.42. The van der Waals surface area contributed by atoms with Crippen LogP contribution >= 0.6 is 0 Å². The number of para-hydroxylation sites is 1. The van der Waals surface area contributed by atoms with E-state index < -0.39 is 0 Å². The standard InChI is InChI=1S/C28H31N7O2/c1-21-19-33(26(36)20-34-10-8-22-5-4-9-29-27(22)34)11-12-35(21)25-7-3-2-6-24(25)23-17-30-28(31-18-23)32-13-15-37-16-14-32/h2-10,17-18,21H,11-16,19-20H2,1H3. The molecule has 2 aliphatic rings. The van der Waals surface area contributed by atoms with E-state index in [2.05, 4.69) is 55.9 Å². The summed E-state index contributed by atoms with van der Waals surface area (Å²) < 4.78 is 7.38. The molecule has 3 aromatic heterocycles. The summed E-state index contributed by atoms with van der Waals surface area (Å²) in [7, 11) is 0. The lowest BCUT2D eigenvalue weighted by atomic mass is 10.0. The van der Waals surface area contributed by atoms with Crippen molar-refractivity contribution in [1.82, 2.24) is 24.4 Å². The zero-order valence-corrected chi connectivity index (χ0v) is 21.0. The Morgan fingerprint density at radius 1 is 0.973 bits per heavy atom. The van der Waals surface area contributed by atoms with Gasteiger partial charge in [-0.25, -0.2) is 15.0 Å². The van der Waals surface area contributed by atoms with Crippen LogP contribution in [0.4, 0.5) is 11.6 Å². The number of aromatic nitrogens is 4. The van der Waals surface area contributed by atoms with Gasteiger partial charge in [-0.15, -0.1) is 0 Å². The summed E-state index contributed by atoms with van der Waals surface area (Å²) in [6.07, 6.45) is 7.54. The average molecular weight is 498 g/mol. The van der Waals surface area contributed by atoms with Crippen LogP contribution in [0, 0.1) is 0 Å². The third-order valence-electron chi connectivity index (χ3n) is 7.27. The first-order valence-corrected chi connectivity index (χ1v) is 12.9. The number of nitrogens with zero attached hydrogens (tertiary/aromatic N) is 7. The number of pyridine rings is 1. The van der Waals surface area contributed by atoms with Crippen molar-refractivity contribution in [2.45, 2.75) is 19.5 Å². The summed E-state index contributed by atoms with van der Waals surface area (Å²) in [5.41, 5.74) is 4.08. The Hall–Kier alpha value is -3.98. The number of piperazine rings is 1. The van der Waals surface area contributed by atoms with Crippen molar-refractivity contribution >= 4 is 28.6 Å². The van der Waals surface area contributed by atoms with Gasteiger partial charge in [-0.05, 0) is 31.2 Å². The monoisotopic (exact) mass is 497 g/mol. The molecule has 5 heterocycles. The molecule has 37 heavy (non-hydrogen) atoms. The maximum atomic E-state index is 13.2. The molecule has 0 bridgehead atoms. The number of hydrogen-bond donors (Lipinski definition) is 0. The van der Waals surface area contributed by atoms with Crippen LogP contribution in [0.25, 0.3) is 22.2 Å². The van der Waals surface area contributed by atoms with Gasteiger partial charge in [-0.1, -0.05) is 18.2 Å². The molecule has 2 saturated heterocycles. The fourth-order valence-corrected chi connectivity index (χ4v) is 5.29. The van der Waals surface area contributed by atoms with Crippen LogP contribution in [0.2, 0.25) is 0 Å². The maximum absolute atomic E-state index is 13.2. The average Bonchev–Trinajstić information content (AvgIpc) is 3.36. The van der Waals surface area contributed by atoms with Gasteiger partial charge in [-0.3, -0.25) is 4.79 Å². The minimum absolute atomic E-state index is 0.120. The molecule has 1 atom stereocenters. The fourth-order valence-electron chi connectivity index (χ4n) is 5.29. The number of benzene rings is 1. The summed E-state index contributed by atoms with van der Waals surface area (Å²) in [5.74, 6) is 0.866. The van der Waals surface area contributed by atoms with Crippen LogP contribution in [0.5, 0.6) is 0 Å². The largest absolute Gasteiger partial charge is 0.378 e. The van der Waals surface area contributed by atoms with Crippen molar-refractivity contribution in [2.75, 3.05) is 55.7 Å². The number of amides is 1. The van der Waals surface area contributed by atoms with Gasteiger partial charge in [0.1, 0.15) is 12.2 Å². The molecule has 0 aliphatic carbocycles. The normalized spacial score (nSPS) is 18.4. The molecule has 1 amide bonds. The molecule has 2 fully saturated rings. The van der Waals surface area contributed by atoms with Crippen molar-refractivity contribution < 1.29 is 9.53 Å². The van der Waals surface area contributed by atoms with E-state index in [0.717, 1.165) is 53.4 Å². The number of carbonyl (C=O) groups is 1. The highest BCUT2D eigenvalue weighted by atomic mass is 16.5. The van der Waals surface area contributed by atoms with E-state index in [1.807, 2.05) is 46.3 Å². The summed E-state index contributed by atoms with van der Waals surface area (Å²) in [6.45, 7) is 7.64. The Labute approximate surface area is 216 Å². The van der Waals surface area contributed by atoms with E-state index >= 15 is 0 Å². The molecular formula is C28H31N7O2. The van der Waals surface area contributed by atoms with Crippen molar-refractivity contribution in [1.29, 1.82) is 0 Å². The summed E-state index contributed by atoms with van der Waals surface area (Å²) in [5, 5.41) is 1.05. The van der Waals surface area contributed by atoms with Gasteiger partial charge in [-0.2, -0.15) is 0 Å². The maximum Gasteiger partial charge on any atom is 0.242 e. The molecule has 0 spiro atoms. The number of anilines is 2. The minimum atomic E-state index is 0.120. The van der Waals surface area contributed by atoms with Crippen LogP contribution in [0.1, 0.15) is 6.92 Å². The highest BCUT2D eigenvalue weighted by Gasteiger charge is 2.28. The molecule has 2 aliphatic heterocycles. The third-order valence-corrected chi connectivity index (χ3v) is 7.27. The third kappa shape index (κ3) is 4.74. The van der Waals surface area contributed by atoms with Crippen LogP contribution in [-0.4, -0.2) is 82.3 Å². The summed E-state index contributed by atoms with van der Waals surface area (Å²) in [6, 6.07) is 14.5. The summed E-state index contributed by atoms with van der Waals surface area (Å²) in [4.78, 5) is 33.5. The number of carbonyl (C=O) groups excluding carboxylic acids is 1. The van der Waals surface area contributed by atoms with Gasteiger partial charge in [0.25, 0.3) is 0 Å². The van der Waals surface area contributed by atoms with Crippen molar-refractivity contribution in [3.05, 3.63) is 67.3 Å². The second-order valence-corrected chi connectivity index (χ2v) is 9.63. The number of fused-ring (bicyclic) bond motifs is 1. The molecule has 0 saturated carbocycles. The first-order chi connectivity index (χ1) is 18.2. The van der Waals surface area contributed by atoms with Crippen LogP contribution in [0.15, 0.2) is 67.3 Å². The minimum Gasteiger partial charge on any atom is -0.378 e. The first-order valence-electron chi connectivity index (χ1n) is 12.9. The van der Waals surface area contributed by atoms with E-state index in [1.54, 1.807) is 6.20 Å². The van der Waals surface area contributed by atoms with Gasteiger partial charge in [0.2, 0.25) is 11.9 Å². The van der Waals surface area contributed by atoms with Gasteiger partial charge in [0.05, 0.1) is 13.2 Å².